The van der Waals surface area contributed by atoms with Crippen LogP contribution in [0.25, 0.3) is 6.08 Å². The van der Waals surface area contributed by atoms with Gasteiger partial charge >= 0.3 is 0 Å². The standard InChI is InChI=1S/C21H26N2O6S/c1-13-7-5-6-8-22(13)19(24)12-23-20(25)18(30-21(23)26)10-14-9-16(28-3)17(29-4)11-15(14)27-2/h9-11,13H,5-8,12H2,1-4H3/b18-10-/t13-/m1/s1. The highest BCUT2D eigenvalue weighted by molar-refractivity contribution is 8.18. The number of methoxy groups -OCH3 is 3. The van der Waals surface area contributed by atoms with Gasteiger partial charge in [0.05, 0.1) is 26.2 Å². The minimum absolute atomic E-state index is 0.123. The Bertz CT molecular complexity index is 884. The second-order valence-electron chi connectivity index (χ2n) is 7.15. The summed E-state index contributed by atoms with van der Waals surface area (Å²) in [5.41, 5.74) is 0.566. The average molecular weight is 435 g/mol. The third-order valence-electron chi connectivity index (χ3n) is 5.31. The van der Waals surface area contributed by atoms with Crippen LogP contribution in [-0.4, -0.2) is 67.3 Å². The molecule has 2 heterocycles. The summed E-state index contributed by atoms with van der Waals surface area (Å²) in [5, 5.41) is -0.455. The lowest BCUT2D eigenvalue weighted by molar-refractivity contribution is -0.138. The average Bonchev–Trinajstić information content (AvgIpc) is 3.00. The summed E-state index contributed by atoms with van der Waals surface area (Å²) in [5.74, 6) is 0.742. The molecule has 0 bridgehead atoms. The SMILES string of the molecule is COc1cc(OC)c(OC)cc1/C=C1\SC(=O)N(CC(=O)N2CCCC[C@H]2C)C1=O. The number of carbonyl (C=O) groups is 3. The third-order valence-corrected chi connectivity index (χ3v) is 6.22. The minimum atomic E-state index is -0.486. The van der Waals surface area contributed by atoms with Gasteiger partial charge in [0.1, 0.15) is 12.3 Å². The Labute approximate surface area is 180 Å². The lowest BCUT2D eigenvalue weighted by Crippen LogP contribution is -2.47. The van der Waals surface area contributed by atoms with Crippen molar-refractivity contribution >= 4 is 34.9 Å². The zero-order valence-electron chi connectivity index (χ0n) is 17.6. The maximum absolute atomic E-state index is 12.8. The molecule has 2 aliphatic heterocycles. The first kappa shape index (κ1) is 22.0. The summed E-state index contributed by atoms with van der Waals surface area (Å²) in [6.07, 6.45) is 4.53. The Balaban J connectivity index is 1.82. The maximum atomic E-state index is 12.8. The fraction of sp³-hybridized carbons (Fsp3) is 0.476. The van der Waals surface area contributed by atoms with E-state index < -0.39 is 11.1 Å². The van der Waals surface area contributed by atoms with Gasteiger partial charge in [-0.25, -0.2) is 0 Å². The summed E-state index contributed by atoms with van der Waals surface area (Å²) in [4.78, 5) is 41.0. The molecule has 2 fully saturated rings. The van der Waals surface area contributed by atoms with Crippen LogP contribution in [-0.2, 0) is 9.59 Å². The number of amides is 3. The molecule has 0 saturated carbocycles. The molecule has 2 aliphatic rings. The van der Waals surface area contributed by atoms with Crippen LogP contribution in [0.5, 0.6) is 17.2 Å². The molecular weight excluding hydrogens is 408 g/mol. The molecule has 0 aliphatic carbocycles. The monoisotopic (exact) mass is 434 g/mol. The number of benzene rings is 1. The molecule has 0 radical (unpaired) electrons. The molecule has 0 aromatic heterocycles. The number of ether oxygens (including phenoxy) is 3. The van der Waals surface area contributed by atoms with E-state index in [4.69, 9.17) is 14.2 Å². The van der Waals surface area contributed by atoms with E-state index in [1.165, 1.54) is 21.3 Å². The number of hydrogen-bond acceptors (Lipinski definition) is 7. The molecule has 1 aromatic rings. The number of rotatable bonds is 6. The van der Waals surface area contributed by atoms with Gasteiger partial charge in [-0.15, -0.1) is 0 Å². The van der Waals surface area contributed by atoms with Crippen LogP contribution in [0.3, 0.4) is 0 Å². The normalized spacial score (nSPS) is 20.7. The number of hydrogen-bond donors (Lipinski definition) is 0. The van der Waals surface area contributed by atoms with Crippen molar-refractivity contribution in [2.75, 3.05) is 34.4 Å². The topological polar surface area (TPSA) is 85.4 Å². The van der Waals surface area contributed by atoms with Crippen molar-refractivity contribution in [1.82, 2.24) is 9.80 Å². The summed E-state index contributed by atoms with van der Waals surface area (Å²) < 4.78 is 16.0. The molecule has 9 heteroatoms. The fourth-order valence-electron chi connectivity index (χ4n) is 3.64. The minimum Gasteiger partial charge on any atom is -0.496 e. The van der Waals surface area contributed by atoms with E-state index in [0.717, 1.165) is 35.9 Å². The van der Waals surface area contributed by atoms with Crippen molar-refractivity contribution in [1.29, 1.82) is 0 Å². The van der Waals surface area contributed by atoms with Crippen LogP contribution in [0, 0.1) is 0 Å². The highest BCUT2D eigenvalue weighted by Crippen LogP contribution is 2.38. The van der Waals surface area contributed by atoms with Gasteiger partial charge in [0.25, 0.3) is 11.1 Å². The molecule has 1 atom stereocenters. The Morgan fingerprint density at radius 2 is 1.77 bits per heavy atom. The van der Waals surface area contributed by atoms with Gasteiger partial charge in [-0.1, -0.05) is 0 Å². The first-order valence-corrected chi connectivity index (χ1v) is 10.6. The zero-order chi connectivity index (χ0) is 21.8. The van der Waals surface area contributed by atoms with E-state index in [0.29, 0.717) is 29.4 Å². The summed E-state index contributed by atoms with van der Waals surface area (Å²) in [7, 11) is 4.53. The van der Waals surface area contributed by atoms with Gasteiger partial charge in [-0.2, -0.15) is 0 Å². The number of nitrogens with zero attached hydrogens (tertiary/aromatic N) is 2. The molecule has 8 nitrogen and oxygen atoms in total. The van der Waals surface area contributed by atoms with Crippen molar-refractivity contribution in [2.45, 2.75) is 32.2 Å². The summed E-state index contributed by atoms with van der Waals surface area (Å²) >= 11 is 0.809. The number of imide groups is 1. The van der Waals surface area contributed by atoms with Crippen LogP contribution >= 0.6 is 11.8 Å². The first-order valence-electron chi connectivity index (χ1n) is 9.74. The van der Waals surface area contributed by atoms with Crippen LogP contribution in [0.15, 0.2) is 17.0 Å². The van der Waals surface area contributed by atoms with E-state index in [2.05, 4.69) is 0 Å². The van der Waals surface area contributed by atoms with E-state index >= 15 is 0 Å². The van der Waals surface area contributed by atoms with Crippen LogP contribution in [0.2, 0.25) is 0 Å². The predicted octanol–water partition coefficient (Wildman–Crippen LogP) is 3.15. The highest BCUT2D eigenvalue weighted by Gasteiger charge is 2.38. The molecule has 162 valence electrons. The molecule has 3 rings (SSSR count). The second-order valence-corrected chi connectivity index (χ2v) is 8.14. The largest absolute Gasteiger partial charge is 0.496 e. The van der Waals surface area contributed by atoms with Crippen molar-refractivity contribution in [3.63, 3.8) is 0 Å². The van der Waals surface area contributed by atoms with Gasteiger partial charge in [-0.05, 0) is 50.1 Å². The van der Waals surface area contributed by atoms with Gasteiger partial charge in [-0.3, -0.25) is 19.3 Å². The molecule has 0 N–H and O–H groups in total. The highest BCUT2D eigenvalue weighted by atomic mass is 32.2. The molecule has 30 heavy (non-hydrogen) atoms. The van der Waals surface area contributed by atoms with Crippen LogP contribution < -0.4 is 14.2 Å². The molecule has 2 saturated heterocycles. The van der Waals surface area contributed by atoms with Gasteiger partial charge in [0.2, 0.25) is 5.91 Å². The molecule has 3 amide bonds. The Morgan fingerprint density at radius 1 is 1.10 bits per heavy atom. The smallest absolute Gasteiger partial charge is 0.294 e. The first-order chi connectivity index (χ1) is 14.4. The van der Waals surface area contributed by atoms with E-state index in [9.17, 15) is 14.4 Å². The van der Waals surface area contributed by atoms with E-state index in [-0.39, 0.29) is 23.4 Å². The van der Waals surface area contributed by atoms with Gasteiger partial charge in [0, 0.05) is 24.2 Å². The van der Waals surface area contributed by atoms with Crippen molar-refractivity contribution in [3.8, 4) is 17.2 Å². The lowest BCUT2D eigenvalue weighted by Gasteiger charge is -2.34. The van der Waals surface area contributed by atoms with E-state index in [1.807, 2.05) is 6.92 Å². The fourth-order valence-corrected chi connectivity index (χ4v) is 4.47. The van der Waals surface area contributed by atoms with Crippen molar-refractivity contribution in [3.05, 3.63) is 22.6 Å². The quantitative estimate of drug-likeness (QED) is 0.636. The molecular formula is C21H26N2O6S. The molecule has 0 spiro atoms. The second kappa shape index (κ2) is 9.42. The van der Waals surface area contributed by atoms with Crippen molar-refractivity contribution < 1.29 is 28.6 Å². The van der Waals surface area contributed by atoms with Gasteiger partial charge < -0.3 is 19.1 Å². The Hall–Kier alpha value is -2.68. The summed E-state index contributed by atoms with van der Waals surface area (Å²) in [6, 6.07) is 3.44. The zero-order valence-corrected chi connectivity index (χ0v) is 18.4. The van der Waals surface area contributed by atoms with Crippen molar-refractivity contribution in [2.24, 2.45) is 0 Å². The number of thioether (sulfide) groups is 1. The van der Waals surface area contributed by atoms with E-state index in [1.54, 1.807) is 23.1 Å². The number of likely N-dealkylation sites (tertiary alicyclic amines) is 1. The number of piperidine rings is 1. The Kier molecular flexibility index (Phi) is 6.91. The lowest BCUT2D eigenvalue weighted by atomic mass is 10.0. The number of carbonyl (C=O) groups excluding carboxylic acids is 3. The Morgan fingerprint density at radius 3 is 2.40 bits per heavy atom. The molecule has 1 aromatic carbocycles. The van der Waals surface area contributed by atoms with Crippen LogP contribution in [0.4, 0.5) is 4.79 Å². The van der Waals surface area contributed by atoms with Gasteiger partial charge in [0.15, 0.2) is 11.5 Å². The molecule has 0 unspecified atom stereocenters. The summed E-state index contributed by atoms with van der Waals surface area (Å²) in [6.45, 7) is 2.42. The predicted molar refractivity (Wildman–Crippen MR) is 114 cm³/mol. The van der Waals surface area contributed by atoms with Crippen LogP contribution in [0.1, 0.15) is 31.7 Å². The maximum Gasteiger partial charge on any atom is 0.294 e. The third kappa shape index (κ3) is 4.40.